The number of nitrogens with zero attached hydrogens (tertiary/aromatic N) is 1. The second kappa shape index (κ2) is 5.57. The average Bonchev–Trinajstić information content (AvgIpc) is 2.96. The Balaban J connectivity index is 2.31. The van der Waals surface area contributed by atoms with Crippen molar-refractivity contribution < 1.29 is 19.8 Å². The average molecular weight is 313 g/mol. The maximum atomic E-state index is 12.0. The zero-order valence-electron chi connectivity index (χ0n) is 13.2. The van der Waals surface area contributed by atoms with Gasteiger partial charge in [0.05, 0.1) is 17.1 Å². The minimum atomic E-state index is -1.06. The van der Waals surface area contributed by atoms with Gasteiger partial charge in [0.2, 0.25) is 0 Å². The summed E-state index contributed by atoms with van der Waals surface area (Å²) in [6.07, 6.45) is 1.52. The maximum Gasteiger partial charge on any atom is 0.334 e. The van der Waals surface area contributed by atoms with Gasteiger partial charge in [0.15, 0.2) is 0 Å². The molecule has 1 aromatic carbocycles. The summed E-state index contributed by atoms with van der Waals surface area (Å²) < 4.78 is 0. The third kappa shape index (κ3) is 2.32. The lowest BCUT2D eigenvalue weighted by atomic mass is 9.78. The summed E-state index contributed by atoms with van der Waals surface area (Å²) in [5.41, 5.74) is 3.44. The van der Waals surface area contributed by atoms with E-state index in [4.69, 9.17) is 0 Å². The number of hydrogen-bond donors (Lipinski definition) is 2. The van der Waals surface area contributed by atoms with Crippen molar-refractivity contribution in [1.82, 2.24) is 4.90 Å². The number of carboxylic acids is 2. The molecular formula is C18H19NO4. The number of aryl methyl sites for hydroxylation is 1. The third-order valence-electron chi connectivity index (χ3n) is 4.76. The van der Waals surface area contributed by atoms with Crippen molar-refractivity contribution in [3.05, 3.63) is 57.9 Å². The Morgan fingerprint density at radius 1 is 1.09 bits per heavy atom. The van der Waals surface area contributed by atoms with Crippen LogP contribution in [0, 0.1) is 6.92 Å². The van der Waals surface area contributed by atoms with E-state index in [1.165, 1.54) is 0 Å². The van der Waals surface area contributed by atoms with Crippen LogP contribution in [0.1, 0.15) is 36.8 Å². The first-order valence-electron chi connectivity index (χ1n) is 7.67. The highest BCUT2D eigenvalue weighted by atomic mass is 16.4. The minimum absolute atomic E-state index is 0.169. The number of fused-ring (bicyclic) bond motifs is 1. The third-order valence-corrected chi connectivity index (χ3v) is 4.76. The first-order valence-corrected chi connectivity index (χ1v) is 7.67. The minimum Gasteiger partial charge on any atom is -0.478 e. The number of benzene rings is 1. The molecule has 120 valence electrons. The van der Waals surface area contributed by atoms with Crippen LogP contribution in [0.3, 0.4) is 0 Å². The fourth-order valence-corrected chi connectivity index (χ4v) is 3.74. The van der Waals surface area contributed by atoms with Gasteiger partial charge >= 0.3 is 11.9 Å². The number of hydrogen-bond acceptors (Lipinski definition) is 3. The zero-order valence-corrected chi connectivity index (χ0v) is 13.2. The molecule has 0 aliphatic carbocycles. The van der Waals surface area contributed by atoms with Crippen molar-refractivity contribution in [2.45, 2.75) is 32.6 Å². The second-order valence-corrected chi connectivity index (χ2v) is 6.01. The smallest absolute Gasteiger partial charge is 0.334 e. The van der Waals surface area contributed by atoms with Gasteiger partial charge in [-0.15, -0.1) is 0 Å². The number of rotatable bonds is 3. The summed E-state index contributed by atoms with van der Waals surface area (Å²) in [4.78, 5) is 25.7. The molecule has 5 nitrogen and oxygen atoms in total. The SMILES string of the molecule is CC1=C(C(=O)O)C(c2ccccc2C)C(C(=O)O)=C2CCCN12. The molecule has 3 rings (SSSR count). The molecule has 0 bridgehead atoms. The molecule has 2 N–H and O–H groups in total. The zero-order chi connectivity index (χ0) is 16.7. The molecule has 0 spiro atoms. The lowest BCUT2D eigenvalue weighted by Crippen LogP contribution is -2.32. The molecule has 0 amide bonds. The molecule has 2 aliphatic rings. The molecule has 0 radical (unpaired) electrons. The van der Waals surface area contributed by atoms with E-state index < -0.39 is 17.9 Å². The molecule has 1 atom stereocenters. The Hall–Kier alpha value is -2.56. The predicted molar refractivity (Wildman–Crippen MR) is 84.9 cm³/mol. The van der Waals surface area contributed by atoms with Crippen molar-refractivity contribution in [1.29, 1.82) is 0 Å². The van der Waals surface area contributed by atoms with Crippen LogP contribution < -0.4 is 0 Å². The summed E-state index contributed by atoms with van der Waals surface area (Å²) in [5.74, 6) is -2.82. The molecular weight excluding hydrogens is 294 g/mol. The molecule has 23 heavy (non-hydrogen) atoms. The quantitative estimate of drug-likeness (QED) is 0.897. The van der Waals surface area contributed by atoms with Crippen LogP contribution in [0.5, 0.6) is 0 Å². The summed E-state index contributed by atoms with van der Waals surface area (Å²) in [6.45, 7) is 4.34. The Morgan fingerprint density at radius 3 is 2.35 bits per heavy atom. The molecule has 1 saturated heterocycles. The molecule has 1 aromatic rings. The molecule has 1 unspecified atom stereocenters. The number of carbonyl (C=O) groups is 2. The first kappa shape index (κ1) is 15.3. The van der Waals surface area contributed by atoms with E-state index in [1.54, 1.807) is 6.92 Å². The van der Waals surface area contributed by atoms with Crippen LogP contribution in [0.4, 0.5) is 0 Å². The fourth-order valence-electron chi connectivity index (χ4n) is 3.74. The van der Waals surface area contributed by atoms with Crippen molar-refractivity contribution in [3.63, 3.8) is 0 Å². The topological polar surface area (TPSA) is 77.8 Å². The number of allylic oxidation sites excluding steroid dienone is 2. The Labute approximate surface area is 134 Å². The van der Waals surface area contributed by atoms with E-state index >= 15 is 0 Å². The number of carboxylic acid groups (broad SMARTS) is 2. The summed E-state index contributed by atoms with van der Waals surface area (Å²) in [7, 11) is 0. The fraction of sp³-hybridized carbons (Fsp3) is 0.333. The predicted octanol–water partition coefficient (Wildman–Crippen LogP) is 2.89. The molecule has 2 heterocycles. The van der Waals surface area contributed by atoms with Gasteiger partial charge in [-0.05, 0) is 37.8 Å². The van der Waals surface area contributed by atoms with E-state index in [9.17, 15) is 19.8 Å². The monoisotopic (exact) mass is 313 g/mol. The van der Waals surface area contributed by atoms with E-state index in [0.29, 0.717) is 18.7 Å². The first-order chi connectivity index (χ1) is 10.9. The highest BCUT2D eigenvalue weighted by molar-refractivity contribution is 5.98. The van der Waals surface area contributed by atoms with Crippen molar-refractivity contribution >= 4 is 11.9 Å². The van der Waals surface area contributed by atoms with E-state index in [-0.39, 0.29) is 11.1 Å². The van der Waals surface area contributed by atoms with Crippen molar-refractivity contribution in [2.24, 2.45) is 0 Å². The highest BCUT2D eigenvalue weighted by Gasteiger charge is 2.42. The molecule has 2 aliphatic heterocycles. The van der Waals surface area contributed by atoms with E-state index in [1.807, 2.05) is 36.1 Å². The summed E-state index contributed by atoms with van der Waals surface area (Å²) >= 11 is 0. The van der Waals surface area contributed by atoms with Gasteiger partial charge < -0.3 is 15.1 Å². The largest absolute Gasteiger partial charge is 0.478 e. The van der Waals surface area contributed by atoms with Gasteiger partial charge in [0.1, 0.15) is 0 Å². The Kier molecular flexibility index (Phi) is 3.72. The van der Waals surface area contributed by atoms with Gasteiger partial charge in [-0.2, -0.15) is 0 Å². The highest BCUT2D eigenvalue weighted by Crippen LogP contribution is 2.46. The van der Waals surface area contributed by atoms with Crippen molar-refractivity contribution in [3.8, 4) is 0 Å². The van der Waals surface area contributed by atoms with Gasteiger partial charge in [0, 0.05) is 17.9 Å². The van der Waals surface area contributed by atoms with Crippen LogP contribution in [-0.2, 0) is 9.59 Å². The van der Waals surface area contributed by atoms with Crippen LogP contribution in [0.25, 0.3) is 0 Å². The second-order valence-electron chi connectivity index (χ2n) is 6.01. The summed E-state index contributed by atoms with van der Waals surface area (Å²) in [6, 6.07) is 7.40. The number of aliphatic carboxylic acids is 2. The van der Waals surface area contributed by atoms with Gasteiger partial charge in [-0.25, -0.2) is 9.59 Å². The summed E-state index contributed by atoms with van der Waals surface area (Å²) in [5, 5.41) is 19.5. The van der Waals surface area contributed by atoms with E-state index in [0.717, 1.165) is 23.2 Å². The normalized spacial score (nSPS) is 20.8. The van der Waals surface area contributed by atoms with Crippen LogP contribution in [0.15, 0.2) is 46.8 Å². The lowest BCUT2D eigenvalue weighted by Gasteiger charge is -2.35. The van der Waals surface area contributed by atoms with Crippen LogP contribution in [-0.4, -0.2) is 33.6 Å². The lowest BCUT2D eigenvalue weighted by molar-refractivity contribution is -0.133. The molecule has 5 heteroatoms. The Morgan fingerprint density at radius 2 is 1.74 bits per heavy atom. The Bertz CT molecular complexity index is 760. The van der Waals surface area contributed by atoms with Gasteiger partial charge in [-0.1, -0.05) is 24.3 Å². The van der Waals surface area contributed by atoms with Crippen LogP contribution >= 0.6 is 0 Å². The molecule has 0 saturated carbocycles. The maximum absolute atomic E-state index is 12.0. The van der Waals surface area contributed by atoms with Crippen LogP contribution in [0.2, 0.25) is 0 Å². The molecule has 1 fully saturated rings. The van der Waals surface area contributed by atoms with Gasteiger partial charge in [0.25, 0.3) is 0 Å². The van der Waals surface area contributed by atoms with Gasteiger partial charge in [-0.3, -0.25) is 0 Å². The molecule has 0 aromatic heterocycles. The van der Waals surface area contributed by atoms with E-state index in [2.05, 4.69) is 0 Å². The standard InChI is InChI=1S/C18H19NO4/c1-10-6-3-4-7-12(10)15-14(17(20)21)11(2)19-9-5-8-13(19)16(15)18(22)23/h3-4,6-7,15H,5,8-9H2,1-2H3,(H,20,21)(H,22,23). The van der Waals surface area contributed by atoms with Crippen molar-refractivity contribution in [2.75, 3.05) is 6.54 Å².